The lowest BCUT2D eigenvalue weighted by Crippen LogP contribution is -2.40. The lowest BCUT2D eigenvalue weighted by Gasteiger charge is -2.26. The van der Waals surface area contributed by atoms with Gasteiger partial charge in [-0.25, -0.2) is 8.42 Å². The molecule has 0 unspecified atom stereocenters. The maximum atomic E-state index is 12.8. The minimum Gasteiger partial charge on any atom is -0.506 e. The van der Waals surface area contributed by atoms with Crippen LogP contribution in [0.2, 0.25) is 0 Å². The molecule has 1 N–H and O–H groups in total. The zero-order valence-corrected chi connectivity index (χ0v) is 13.1. The van der Waals surface area contributed by atoms with Crippen LogP contribution in [0.3, 0.4) is 0 Å². The average Bonchev–Trinajstić information content (AvgIpc) is 2.54. The smallest absolute Gasteiger partial charge is 0.416 e. The number of rotatable bonds is 2. The van der Waals surface area contributed by atoms with Crippen molar-refractivity contribution >= 4 is 20.9 Å². The number of benzene rings is 1. The summed E-state index contributed by atoms with van der Waals surface area (Å²) in [5.74, 6) is -0.738. The third-order valence-corrected chi connectivity index (χ3v) is 5.62. The molecule has 0 aliphatic carbocycles. The summed E-state index contributed by atoms with van der Waals surface area (Å²) in [6.07, 6.45) is -3.66. The standard InChI is InChI=1S/C14H13F3N2O4S/c15-14(16,17)9-1-2-11-10(7-9)13(20)12(8-18-11)24(21,22)19-3-5-23-6-4-19/h1-2,7-8H,3-6H2,(H,18,20). The van der Waals surface area contributed by atoms with Crippen LogP contribution in [0.25, 0.3) is 10.9 Å². The summed E-state index contributed by atoms with van der Waals surface area (Å²) in [5, 5.41) is 10.00. The number of halogens is 3. The molecule has 1 fully saturated rings. The Bertz CT molecular complexity index is 877. The van der Waals surface area contributed by atoms with Gasteiger partial charge in [-0.1, -0.05) is 0 Å². The minimum absolute atomic E-state index is 0.0708. The van der Waals surface area contributed by atoms with E-state index in [0.29, 0.717) is 6.07 Å². The van der Waals surface area contributed by atoms with Crippen molar-refractivity contribution in [1.29, 1.82) is 0 Å². The Labute approximate surface area is 135 Å². The Morgan fingerprint density at radius 3 is 2.50 bits per heavy atom. The number of alkyl halides is 3. The van der Waals surface area contributed by atoms with E-state index in [9.17, 15) is 26.7 Å². The molecule has 1 aliphatic rings. The second-order valence-corrected chi connectivity index (χ2v) is 7.12. The minimum atomic E-state index is -4.61. The van der Waals surface area contributed by atoms with Gasteiger partial charge in [0, 0.05) is 18.5 Å². The number of aromatic hydroxyl groups is 1. The van der Waals surface area contributed by atoms with Crippen molar-refractivity contribution in [3.05, 3.63) is 30.0 Å². The second kappa shape index (κ2) is 5.87. The van der Waals surface area contributed by atoms with E-state index in [4.69, 9.17) is 4.74 Å². The van der Waals surface area contributed by atoms with E-state index in [1.165, 1.54) is 0 Å². The van der Waals surface area contributed by atoms with Gasteiger partial charge in [0.05, 0.1) is 30.5 Å². The number of ether oxygens (including phenoxy) is 1. The molecule has 0 saturated carbocycles. The molecule has 130 valence electrons. The van der Waals surface area contributed by atoms with E-state index < -0.39 is 32.4 Å². The fraction of sp³-hybridized carbons (Fsp3) is 0.357. The second-order valence-electron chi connectivity index (χ2n) is 5.22. The zero-order chi connectivity index (χ0) is 17.5. The number of fused-ring (bicyclic) bond motifs is 1. The van der Waals surface area contributed by atoms with E-state index in [1.807, 2.05) is 0 Å². The molecule has 2 aromatic rings. The highest BCUT2D eigenvalue weighted by molar-refractivity contribution is 7.89. The van der Waals surface area contributed by atoms with Gasteiger partial charge in [-0.05, 0) is 18.2 Å². The topological polar surface area (TPSA) is 79.7 Å². The molecule has 0 spiro atoms. The number of sulfonamides is 1. The molecule has 2 heterocycles. The Morgan fingerprint density at radius 2 is 1.88 bits per heavy atom. The molecule has 10 heteroatoms. The van der Waals surface area contributed by atoms with Crippen LogP contribution < -0.4 is 0 Å². The van der Waals surface area contributed by atoms with Crippen LogP contribution in [0.15, 0.2) is 29.3 Å². The van der Waals surface area contributed by atoms with Gasteiger partial charge in [0.15, 0.2) is 0 Å². The van der Waals surface area contributed by atoms with Crippen LogP contribution >= 0.6 is 0 Å². The lowest BCUT2D eigenvalue weighted by atomic mass is 10.1. The number of hydrogen-bond donors (Lipinski definition) is 1. The monoisotopic (exact) mass is 362 g/mol. The van der Waals surface area contributed by atoms with Gasteiger partial charge < -0.3 is 9.84 Å². The quantitative estimate of drug-likeness (QED) is 0.884. The molecule has 0 bridgehead atoms. The molecular formula is C14H13F3N2O4S. The molecule has 0 amide bonds. The van der Waals surface area contributed by atoms with E-state index in [-0.39, 0.29) is 37.2 Å². The molecule has 24 heavy (non-hydrogen) atoms. The predicted molar refractivity (Wildman–Crippen MR) is 78.0 cm³/mol. The summed E-state index contributed by atoms with van der Waals surface area (Å²) < 4.78 is 69.8. The third-order valence-electron chi connectivity index (χ3n) is 3.72. The van der Waals surface area contributed by atoms with Crippen LogP contribution in [0, 0.1) is 0 Å². The summed E-state index contributed by atoms with van der Waals surface area (Å²) in [6.45, 7) is 0.614. The Hall–Kier alpha value is -1.91. The molecule has 0 radical (unpaired) electrons. The van der Waals surface area contributed by atoms with Crippen molar-refractivity contribution in [3.63, 3.8) is 0 Å². The average molecular weight is 362 g/mol. The lowest BCUT2D eigenvalue weighted by molar-refractivity contribution is -0.137. The van der Waals surface area contributed by atoms with E-state index >= 15 is 0 Å². The number of morpholine rings is 1. The summed E-state index contributed by atoms with van der Waals surface area (Å²) in [7, 11) is -4.07. The van der Waals surface area contributed by atoms with Gasteiger partial charge in [-0.2, -0.15) is 17.5 Å². The number of nitrogens with zero attached hydrogens (tertiary/aromatic N) is 2. The molecule has 1 saturated heterocycles. The van der Waals surface area contributed by atoms with Gasteiger partial charge in [-0.3, -0.25) is 4.98 Å². The van der Waals surface area contributed by atoms with Crippen LogP contribution in [0.1, 0.15) is 5.56 Å². The van der Waals surface area contributed by atoms with Crippen molar-refractivity contribution in [2.45, 2.75) is 11.1 Å². The largest absolute Gasteiger partial charge is 0.506 e. The predicted octanol–water partition coefficient (Wildman–Crippen LogP) is 1.98. The molecule has 3 rings (SSSR count). The highest BCUT2D eigenvalue weighted by Gasteiger charge is 2.33. The fourth-order valence-corrected chi connectivity index (χ4v) is 3.90. The van der Waals surface area contributed by atoms with E-state index in [0.717, 1.165) is 22.6 Å². The Morgan fingerprint density at radius 1 is 1.21 bits per heavy atom. The van der Waals surface area contributed by atoms with Crippen LogP contribution in [-0.2, 0) is 20.9 Å². The molecule has 6 nitrogen and oxygen atoms in total. The number of hydrogen-bond acceptors (Lipinski definition) is 5. The van der Waals surface area contributed by atoms with Crippen LogP contribution in [-0.4, -0.2) is 49.1 Å². The molecule has 1 aliphatic heterocycles. The van der Waals surface area contributed by atoms with E-state index in [1.54, 1.807) is 0 Å². The summed E-state index contributed by atoms with van der Waals surface area (Å²) >= 11 is 0. The van der Waals surface area contributed by atoms with Gasteiger partial charge >= 0.3 is 6.18 Å². The zero-order valence-electron chi connectivity index (χ0n) is 12.2. The van der Waals surface area contributed by atoms with Gasteiger partial charge in [0.25, 0.3) is 0 Å². The first-order valence-electron chi connectivity index (χ1n) is 6.98. The van der Waals surface area contributed by atoms with Gasteiger partial charge in [0.2, 0.25) is 10.0 Å². The fourth-order valence-electron chi connectivity index (χ4n) is 2.45. The molecule has 1 aromatic carbocycles. The van der Waals surface area contributed by atoms with Crippen molar-refractivity contribution in [3.8, 4) is 5.75 Å². The SMILES string of the molecule is O=S(=O)(c1cnc2ccc(C(F)(F)F)cc2c1O)N1CCOCC1. The van der Waals surface area contributed by atoms with Crippen molar-refractivity contribution in [2.24, 2.45) is 0 Å². The number of pyridine rings is 1. The van der Waals surface area contributed by atoms with Gasteiger partial charge in [-0.15, -0.1) is 0 Å². The van der Waals surface area contributed by atoms with E-state index in [2.05, 4.69) is 4.98 Å². The van der Waals surface area contributed by atoms with Gasteiger partial charge in [0.1, 0.15) is 10.6 Å². The Balaban J connectivity index is 2.14. The summed E-state index contributed by atoms with van der Waals surface area (Å²) in [4.78, 5) is 3.34. The maximum absolute atomic E-state index is 12.8. The first-order valence-corrected chi connectivity index (χ1v) is 8.42. The normalized spacial score (nSPS) is 17.3. The molecule has 1 aromatic heterocycles. The highest BCUT2D eigenvalue weighted by Crippen LogP contribution is 2.36. The maximum Gasteiger partial charge on any atom is 0.416 e. The first kappa shape index (κ1) is 16.9. The Kier molecular flexibility index (Phi) is 4.14. The van der Waals surface area contributed by atoms with Crippen molar-refractivity contribution < 1.29 is 31.4 Å². The third kappa shape index (κ3) is 2.92. The summed E-state index contributed by atoms with van der Waals surface area (Å²) in [6, 6.07) is 2.60. The highest BCUT2D eigenvalue weighted by atomic mass is 32.2. The molecular weight excluding hydrogens is 349 g/mol. The van der Waals surface area contributed by atoms with Crippen LogP contribution in [0.4, 0.5) is 13.2 Å². The van der Waals surface area contributed by atoms with Crippen LogP contribution in [0.5, 0.6) is 5.75 Å². The van der Waals surface area contributed by atoms with Crippen molar-refractivity contribution in [2.75, 3.05) is 26.3 Å². The summed E-state index contributed by atoms with van der Waals surface area (Å²) in [5.41, 5.74) is -0.922. The molecule has 0 atom stereocenters. The first-order chi connectivity index (χ1) is 11.2. The number of aromatic nitrogens is 1. The van der Waals surface area contributed by atoms with Crippen molar-refractivity contribution in [1.82, 2.24) is 9.29 Å².